The SMILES string of the molecule is COc1ccc(Nc2ccnc3c2ccn3-c2ccc(C)c(C)c2)cc1Cl. The van der Waals surface area contributed by atoms with E-state index in [0.29, 0.717) is 10.8 Å². The summed E-state index contributed by atoms with van der Waals surface area (Å²) >= 11 is 6.24. The molecule has 4 rings (SSSR count). The van der Waals surface area contributed by atoms with Crippen molar-refractivity contribution >= 4 is 34.0 Å². The Labute approximate surface area is 163 Å². The van der Waals surface area contributed by atoms with Gasteiger partial charge >= 0.3 is 0 Å². The topological polar surface area (TPSA) is 39.1 Å². The summed E-state index contributed by atoms with van der Waals surface area (Å²) in [6.07, 6.45) is 3.86. The van der Waals surface area contributed by atoms with Crippen LogP contribution in [0.5, 0.6) is 5.75 Å². The number of rotatable bonds is 4. The van der Waals surface area contributed by atoms with Crippen molar-refractivity contribution in [3.05, 3.63) is 77.1 Å². The summed E-state index contributed by atoms with van der Waals surface area (Å²) in [6.45, 7) is 4.24. The van der Waals surface area contributed by atoms with Crippen LogP contribution in [0.2, 0.25) is 5.02 Å². The molecule has 5 heteroatoms. The monoisotopic (exact) mass is 377 g/mol. The van der Waals surface area contributed by atoms with E-state index in [2.05, 4.69) is 53.0 Å². The number of halogens is 1. The molecule has 1 N–H and O–H groups in total. The van der Waals surface area contributed by atoms with Gasteiger partial charge in [0.15, 0.2) is 0 Å². The summed E-state index contributed by atoms with van der Waals surface area (Å²) in [5.74, 6) is 0.656. The fraction of sp³-hybridized carbons (Fsp3) is 0.136. The number of nitrogens with zero attached hydrogens (tertiary/aromatic N) is 2. The molecule has 0 radical (unpaired) electrons. The van der Waals surface area contributed by atoms with Crippen LogP contribution in [0, 0.1) is 13.8 Å². The van der Waals surface area contributed by atoms with Crippen LogP contribution in [0.1, 0.15) is 11.1 Å². The number of hydrogen-bond acceptors (Lipinski definition) is 3. The molecule has 0 amide bonds. The highest BCUT2D eigenvalue weighted by Gasteiger charge is 2.10. The number of ether oxygens (including phenoxy) is 1. The number of aromatic nitrogens is 2. The summed E-state index contributed by atoms with van der Waals surface area (Å²) in [4.78, 5) is 4.59. The third-order valence-corrected chi connectivity index (χ3v) is 5.08. The molecule has 27 heavy (non-hydrogen) atoms. The molecule has 0 bridgehead atoms. The van der Waals surface area contributed by atoms with Gasteiger partial charge in [-0.15, -0.1) is 0 Å². The van der Waals surface area contributed by atoms with E-state index in [9.17, 15) is 0 Å². The molecule has 0 atom stereocenters. The van der Waals surface area contributed by atoms with E-state index in [1.807, 2.05) is 36.7 Å². The lowest BCUT2D eigenvalue weighted by molar-refractivity contribution is 0.415. The van der Waals surface area contributed by atoms with Crippen LogP contribution in [0.3, 0.4) is 0 Å². The average molecular weight is 378 g/mol. The average Bonchev–Trinajstić information content (AvgIpc) is 3.09. The predicted octanol–water partition coefficient (Wildman–Crippen LogP) is 6.05. The van der Waals surface area contributed by atoms with E-state index in [0.717, 1.165) is 28.1 Å². The second-order valence-electron chi connectivity index (χ2n) is 6.52. The van der Waals surface area contributed by atoms with E-state index >= 15 is 0 Å². The van der Waals surface area contributed by atoms with E-state index in [1.165, 1.54) is 11.1 Å². The molecule has 2 heterocycles. The maximum atomic E-state index is 6.24. The van der Waals surface area contributed by atoms with Crippen LogP contribution in [0.15, 0.2) is 60.9 Å². The largest absolute Gasteiger partial charge is 0.495 e. The highest BCUT2D eigenvalue weighted by Crippen LogP contribution is 2.32. The summed E-state index contributed by atoms with van der Waals surface area (Å²) in [5.41, 5.74) is 6.42. The number of benzene rings is 2. The highest BCUT2D eigenvalue weighted by molar-refractivity contribution is 6.32. The Morgan fingerprint density at radius 3 is 2.59 bits per heavy atom. The van der Waals surface area contributed by atoms with Gasteiger partial charge in [-0.25, -0.2) is 4.98 Å². The Hall–Kier alpha value is -2.98. The zero-order valence-electron chi connectivity index (χ0n) is 15.5. The molecule has 0 unspecified atom stereocenters. The molecule has 2 aromatic carbocycles. The highest BCUT2D eigenvalue weighted by atomic mass is 35.5. The van der Waals surface area contributed by atoms with Gasteiger partial charge in [0.1, 0.15) is 11.4 Å². The maximum absolute atomic E-state index is 6.24. The summed E-state index contributed by atoms with van der Waals surface area (Å²) in [7, 11) is 1.61. The minimum atomic E-state index is 0.570. The Balaban J connectivity index is 1.74. The molecule has 4 nitrogen and oxygen atoms in total. The summed E-state index contributed by atoms with van der Waals surface area (Å²) in [5, 5.41) is 5.05. The number of hydrogen-bond donors (Lipinski definition) is 1. The first-order valence-corrected chi connectivity index (χ1v) is 9.09. The smallest absolute Gasteiger partial charge is 0.146 e. The van der Waals surface area contributed by atoms with E-state index in [1.54, 1.807) is 7.11 Å². The fourth-order valence-electron chi connectivity index (χ4n) is 3.13. The Kier molecular flexibility index (Phi) is 4.50. The first-order chi connectivity index (χ1) is 13.1. The molecule has 0 aliphatic heterocycles. The quantitative estimate of drug-likeness (QED) is 0.470. The van der Waals surface area contributed by atoms with Gasteiger partial charge in [0.2, 0.25) is 0 Å². The third-order valence-electron chi connectivity index (χ3n) is 4.79. The molecule has 0 saturated carbocycles. The summed E-state index contributed by atoms with van der Waals surface area (Å²) in [6, 6.07) is 16.1. The third kappa shape index (κ3) is 3.24. The number of pyridine rings is 1. The minimum absolute atomic E-state index is 0.570. The van der Waals surface area contributed by atoms with Crippen molar-refractivity contribution < 1.29 is 4.74 Å². The lowest BCUT2D eigenvalue weighted by atomic mass is 10.1. The van der Waals surface area contributed by atoms with Gasteiger partial charge in [-0.1, -0.05) is 17.7 Å². The first-order valence-electron chi connectivity index (χ1n) is 8.71. The van der Waals surface area contributed by atoms with Crippen molar-refractivity contribution in [2.24, 2.45) is 0 Å². The van der Waals surface area contributed by atoms with Gasteiger partial charge in [0, 0.05) is 29.2 Å². The molecule has 2 aromatic heterocycles. The van der Waals surface area contributed by atoms with Gasteiger partial charge in [0.05, 0.1) is 17.8 Å². The van der Waals surface area contributed by atoms with E-state index in [-0.39, 0.29) is 0 Å². The molecular weight excluding hydrogens is 358 g/mol. The van der Waals surface area contributed by atoms with Crippen LogP contribution in [0.25, 0.3) is 16.7 Å². The number of aryl methyl sites for hydroxylation is 2. The van der Waals surface area contributed by atoms with E-state index < -0.39 is 0 Å². The van der Waals surface area contributed by atoms with Gasteiger partial charge in [-0.05, 0) is 67.4 Å². The Bertz CT molecular complexity index is 1130. The molecule has 0 spiro atoms. The van der Waals surface area contributed by atoms with Crippen molar-refractivity contribution in [3.8, 4) is 11.4 Å². The van der Waals surface area contributed by atoms with Crippen LogP contribution in [-0.2, 0) is 0 Å². The standard InChI is InChI=1S/C22H20ClN3O/c1-14-4-6-17(12-15(14)2)26-11-9-18-20(8-10-24-22(18)26)25-16-5-7-21(27-3)19(23)13-16/h4-13H,1-3H3,(H,24,25). The molecule has 4 aromatic rings. The second kappa shape index (κ2) is 6.97. The Morgan fingerprint density at radius 1 is 1.00 bits per heavy atom. The number of anilines is 2. The Morgan fingerprint density at radius 2 is 1.85 bits per heavy atom. The molecule has 0 saturated heterocycles. The van der Waals surface area contributed by atoms with Crippen molar-refractivity contribution in [3.63, 3.8) is 0 Å². The van der Waals surface area contributed by atoms with Gasteiger partial charge in [-0.3, -0.25) is 0 Å². The van der Waals surface area contributed by atoms with Gasteiger partial charge < -0.3 is 14.6 Å². The van der Waals surface area contributed by atoms with Crippen LogP contribution in [-0.4, -0.2) is 16.7 Å². The number of fused-ring (bicyclic) bond motifs is 1. The molecular formula is C22H20ClN3O. The van der Waals surface area contributed by atoms with Crippen molar-refractivity contribution in [1.29, 1.82) is 0 Å². The van der Waals surface area contributed by atoms with E-state index in [4.69, 9.17) is 16.3 Å². The minimum Gasteiger partial charge on any atom is -0.495 e. The lowest BCUT2D eigenvalue weighted by Gasteiger charge is -2.11. The fourth-order valence-corrected chi connectivity index (χ4v) is 3.39. The first kappa shape index (κ1) is 17.4. The summed E-state index contributed by atoms with van der Waals surface area (Å²) < 4.78 is 7.32. The van der Waals surface area contributed by atoms with Crippen LogP contribution < -0.4 is 10.1 Å². The van der Waals surface area contributed by atoms with Crippen molar-refractivity contribution in [2.75, 3.05) is 12.4 Å². The van der Waals surface area contributed by atoms with Gasteiger partial charge in [-0.2, -0.15) is 0 Å². The second-order valence-corrected chi connectivity index (χ2v) is 6.93. The zero-order valence-corrected chi connectivity index (χ0v) is 16.2. The number of nitrogens with one attached hydrogen (secondary N) is 1. The molecule has 0 aliphatic carbocycles. The van der Waals surface area contributed by atoms with Crippen LogP contribution >= 0.6 is 11.6 Å². The predicted molar refractivity (Wildman–Crippen MR) is 112 cm³/mol. The number of methoxy groups -OCH3 is 1. The normalized spacial score (nSPS) is 11.0. The molecule has 0 aliphatic rings. The molecule has 136 valence electrons. The van der Waals surface area contributed by atoms with Crippen LogP contribution in [0.4, 0.5) is 11.4 Å². The molecule has 0 fully saturated rings. The zero-order chi connectivity index (χ0) is 19.0. The van der Waals surface area contributed by atoms with Crippen molar-refractivity contribution in [2.45, 2.75) is 13.8 Å². The van der Waals surface area contributed by atoms with Crippen molar-refractivity contribution in [1.82, 2.24) is 9.55 Å². The van der Waals surface area contributed by atoms with Gasteiger partial charge in [0.25, 0.3) is 0 Å². The maximum Gasteiger partial charge on any atom is 0.146 e. The lowest BCUT2D eigenvalue weighted by Crippen LogP contribution is -1.97.